The van der Waals surface area contributed by atoms with Gasteiger partial charge in [0.2, 0.25) is 0 Å². The summed E-state index contributed by atoms with van der Waals surface area (Å²) in [5.74, 6) is 0. The molecule has 0 amide bonds. The van der Waals surface area contributed by atoms with Crippen molar-refractivity contribution in [3.8, 4) is 0 Å². The summed E-state index contributed by atoms with van der Waals surface area (Å²) in [7, 11) is 0. The summed E-state index contributed by atoms with van der Waals surface area (Å²) >= 11 is 0. The van der Waals surface area contributed by atoms with Gasteiger partial charge < -0.3 is 4.98 Å². The zero-order valence-corrected chi connectivity index (χ0v) is 17.9. The van der Waals surface area contributed by atoms with Crippen LogP contribution in [0.4, 0.5) is 13.2 Å². The number of aryl methyl sites for hydroxylation is 1. The fourth-order valence-corrected chi connectivity index (χ4v) is 6.15. The Labute approximate surface area is 180 Å². The number of nitrogens with one attached hydrogen (secondary N) is 1. The number of likely N-dealkylation sites (tertiary alicyclic amines) is 1. The van der Waals surface area contributed by atoms with Gasteiger partial charge in [-0.25, -0.2) is 4.68 Å². The summed E-state index contributed by atoms with van der Waals surface area (Å²) in [5.41, 5.74) is 2.47. The lowest BCUT2D eigenvalue weighted by atomic mass is 9.89. The molecule has 1 aliphatic heterocycles. The van der Waals surface area contributed by atoms with Crippen LogP contribution >= 0.6 is 0 Å². The Bertz CT molecular complexity index is 1000. The van der Waals surface area contributed by atoms with Crippen LogP contribution in [0.5, 0.6) is 0 Å². The average molecular weight is 437 g/mol. The molecule has 0 radical (unpaired) electrons. The van der Waals surface area contributed by atoms with Crippen molar-refractivity contribution in [2.75, 3.05) is 6.54 Å². The quantitative estimate of drug-likeness (QED) is 0.687. The highest BCUT2D eigenvalue weighted by Gasteiger charge is 2.38. The summed E-state index contributed by atoms with van der Waals surface area (Å²) in [5, 5.41) is 5.35. The molecule has 1 atom stereocenters. The molecule has 0 spiro atoms. The van der Waals surface area contributed by atoms with E-state index in [2.05, 4.69) is 15.0 Å². The maximum Gasteiger partial charge on any atom is 0.408 e. The number of halogens is 3. The number of aromatic amines is 1. The minimum Gasteiger partial charge on any atom is -0.307 e. The lowest BCUT2D eigenvalue weighted by Crippen LogP contribution is -2.35. The number of rotatable bonds is 3. The molecular formula is C23H31F3N4O. The molecule has 170 valence electrons. The van der Waals surface area contributed by atoms with Crippen LogP contribution in [0, 0.1) is 0 Å². The van der Waals surface area contributed by atoms with Crippen LogP contribution in [0.25, 0.3) is 11.0 Å². The molecule has 0 aromatic carbocycles. The largest absolute Gasteiger partial charge is 0.408 e. The van der Waals surface area contributed by atoms with Crippen LogP contribution in [0.1, 0.15) is 87.1 Å². The molecule has 1 saturated heterocycles. The van der Waals surface area contributed by atoms with Gasteiger partial charge in [-0.15, -0.1) is 0 Å². The van der Waals surface area contributed by atoms with E-state index >= 15 is 0 Å². The van der Waals surface area contributed by atoms with Gasteiger partial charge in [-0.1, -0.05) is 25.7 Å². The van der Waals surface area contributed by atoms with E-state index < -0.39 is 12.7 Å². The lowest BCUT2D eigenvalue weighted by molar-refractivity contribution is -0.142. The van der Waals surface area contributed by atoms with Crippen molar-refractivity contribution in [3.63, 3.8) is 0 Å². The van der Waals surface area contributed by atoms with Crippen molar-refractivity contribution < 1.29 is 13.2 Å². The molecule has 2 aliphatic carbocycles. The van der Waals surface area contributed by atoms with Gasteiger partial charge in [0.25, 0.3) is 5.56 Å². The monoisotopic (exact) mass is 436 g/mol. The molecule has 2 aromatic heterocycles. The standard InChI is InChI=1S/C23H31F3N4O/c24-23(25,26)14-30-21-19(16-10-5-6-11-17(16)22(31)27-21)20(28-30)18-12-7-13-29(18)15-8-3-1-2-4-9-15/h15,18H,1-14H2,(H,27,31)/t18-/m1/s1. The number of aromatic nitrogens is 3. The Balaban J connectivity index is 1.64. The van der Waals surface area contributed by atoms with Crippen LogP contribution in [0.15, 0.2) is 4.79 Å². The summed E-state index contributed by atoms with van der Waals surface area (Å²) in [6.45, 7) is -0.192. The van der Waals surface area contributed by atoms with E-state index in [0.717, 1.165) is 78.4 Å². The number of pyridine rings is 1. The number of alkyl halides is 3. The van der Waals surface area contributed by atoms with E-state index in [0.29, 0.717) is 12.5 Å². The normalized spacial score (nSPS) is 23.9. The number of fused-ring (bicyclic) bond motifs is 3. The first-order valence-corrected chi connectivity index (χ1v) is 11.9. The molecule has 5 rings (SSSR count). The lowest BCUT2D eigenvalue weighted by Gasteiger charge is -2.32. The van der Waals surface area contributed by atoms with Crippen LogP contribution < -0.4 is 5.56 Å². The Morgan fingerprint density at radius 2 is 1.65 bits per heavy atom. The third-order valence-corrected chi connectivity index (χ3v) is 7.49. The second-order valence-electron chi connectivity index (χ2n) is 9.54. The Kier molecular flexibility index (Phi) is 5.61. The highest BCUT2D eigenvalue weighted by molar-refractivity contribution is 5.84. The van der Waals surface area contributed by atoms with Crippen LogP contribution in [0.2, 0.25) is 0 Å². The molecule has 8 heteroatoms. The fraction of sp³-hybridized carbons (Fsp3) is 0.739. The number of H-pyrrole nitrogens is 1. The van der Waals surface area contributed by atoms with E-state index in [1.165, 1.54) is 25.7 Å². The predicted octanol–water partition coefficient (Wildman–Crippen LogP) is 5.03. The third kappa shape index (κ3) is 4.03. The predicted molar refractivity (Wildman–Crippen MR) is 113 cm³/mol. The highest BCUT2D eigenvalue weighted by atomic mass is 19.4. The molecule has 31 heavy (non-hydrogen) atoms. The zero-order valence-electron chi connectivity index (χ0n) is 17.9. The van der Waals surface area contributed by atoms with E-state index in [1.807, 2.05) is 0 Å². The second-order valence-corrected chi connectivity index (χ2v) is 9.54. The Hall–Kier alpha value is -1.83. The van der Waals surface area contributed by atoms with Crippen molar-refractivity contribution in [2.45, 2.75) is 102 Å². The van der Waals surface area contributed by atoms with E-state index in [1.54, 1.807) is 0 Å². The molecule has 5 nitrogen and oxygen atoms in total. The summed E-state index contributed by atoms with van der Waals surface area (Å²) < 4.78 is 41.0. The summed E-state index contributed by atoms with van der Waals surface area (Å²) in [6, 6.07) is 0.522. The van der Waals surface area contributed by atoms with Gasteiger partial charge in [0.05, 0.1) is 11.7 Å². The smallest absolute Gasteiger partial charge is 0.307 e. The molecule has 1 saturated carbocycles. The summed E-state index contributed by atoms with van der Waals surface area (Å²) in [6.07, 6.45) is 8.23. The van der Waals surface area contributed by atoms with Gasteiger partial charge in [0.15, 0.2) is 0 Å². The van der Waals surface area contributed by atoms with Crippen molar-refractivity contribution >= 4 is 11.0 Å². The van der Waals surface area contributed by atoms with Gasteiger partial charge in [-0.3, -0.25) is 9.69 Å². The first kappa shape index (κ1) is 21.0. The third-order valence-electron chi connectivity index (χ3n) is 7.49. The fourth-order valence-electron chi connectivity index (χ4n) is 6.15. The first-order valence-electron chi connectivity index (χ1n) is 11.9. The van der Waals surface area contributed by atoms with E-state index in [9.17, 15) is 18.0 Å². The topological polar surface area (TPSA) is 53.9 Å². The van der Waals surface area contributed by atoms with Crippen LogP contribution in [0.3, 0.4) is 0 Å². The van der Waals surface area contributed by atoms with E-state index in [4.69, 9.17) is 0 Å². The van der Waals surface area contributed by atoms with Crippen molar-refractivity contribution in [2.24, 2.45) is 0 Å². The number of hydrogen-bond acceptors (Lipinski definition) is 3. The Morgan fingerprint density at radius 1 is 0.935 bits per heavy atom. The maximum atomic E-state index is 13.3. The number of nitrogens with zero attached hydrogens (tertiary/aromatic N) is 3. The second kappa shape index (κ2) is 8.26. The zero-order chi connectivity index (χ0) is 21.6. The minimum atomic E-state index is -4.39. The molecule has 3 heterocycles. The molecule has 1 N–H and O–H groups in total. The number of hydrogen-bond donors (Lipinski definition) is 1. The molecular weight excluding hydrogens is 405 g/mol. The van der Waals surface area contributed by atoms with Gasteiger partial charge in [0.1, 0.15) is 12.2 Å². The SMILES string of the molecule is O=c1[nH]c2c(c([C@H]3CCCN3C3CCCCCC3)nn2CC(F)(F)F)c2c1CCCC2. The first-order chi connectivity index (χ1) is 14.9. The molecule has 2 fully saturated rings. The van der Waals surface area contributed by atoms with Crippen molar-refractivity contribution in [1.29, 1.82) is 0 Å². The van der Waals surface area contributed by atoms with Crippen LogP contribution in [-0.2, 0) is 19.4 Å². The average Bonchev–Trinajstić information content (AvgIpc) is 3.23. The van der Waals surface area contributed by atoms with Crippen molar-refractivity contribution in [1.82, 2.24) is 19.7 Å². The molecule has 0 unspecified atom stereocenters. The molecule has 3 aliphatic rings. The van der Waals surface area contributed by atoms with Crippen molar-refractivity contribution in [3.05, 3.63) is 27.2 Å². The minimum absolute atomic E-state index is 0.0389. The maximum absolute atomic E-state index is 13.3. The van der Waals surface area contributed by atoms with Gasteiger partial charge in [-0.2, -0.15) is 18.3 Å². The Morgan fingerprint density at radius 3 is 2.35 bits per heavy atom. The van der Waals surface area contributed by atoms with E-state index in [-0.39, 0.29) is 17.2 Å². The van der Waals surface area contributed by atoms with Crippen LogP contribution in [-0.4, -0.2) is 38.4 Å². The van der Waals surface area contributed by atoms with Gasteiger partial charge >= 0.3 is 6.18 Å². The highest BCUT2D eigenvalue weighted by Crippen LogP contribution is 2.41. The summed E-state index contributed by atoms with van der Waals surface area (Å²) in [4.78, 5) is 18.0. The van der Waals surface area contributed by atoms with Gasteiger partial charge in [0, 0.05) is 17.0 Å². The molecule has 0 bridgehead atoms. The van der Waals surface area contributed by atoms with Gasteiger partial charge in [-0.05, 0) is 63.5 Å². The molecule has 2 aromatic rings.